The molecule has 0 saturated heterocycles. The van der Waals surface area contributed by atoms with Crippen molar-refractivity contribution in [2.45, 2.75) is 52.1 Å². The summed E-state index contributed by atoms with van der Waals surface area (Å²) < 4.78 is 58.5. The fourth-order valence-corrected chi connectivity index (χ4v) is 3.24. The van der Waals surface area contributed by atoms with Crippen LogP contribution in [0.3, 0.4) is 0 Å². The van der Waals surface area contributed by atoms with Gasteiger partial charge in [0, 0.05) is 19.1 Å². The van der Waals surface area contributed by atoms with E-state index in [0.29, 0.717) is 11.1 Å². The smallest absolute Gasteiger partial charge is 0.416 e. The molecule has 33 heavy (non-hydrogen) atoms. The van der Waals surface area contributed by atoms with Crippen molar-refractivity contribution in [3.05, 3.63) is 88.9 Å². The van der Waals surface area contributed by atoms with Gasteiger partial charge in [-0.15, -0.1) is 0 Å². The maximum Gasteiger partial charge on any atom is 0.416 e. The van der Waals surface area contributed by atoms with Crippen LogP contribution in [0.4, 0.5) is 17.6 Å². The second-order valence-electron chi connectivity index (χ2n) is 7.88. The summed E-state index contributed by atoms with van der Waals surface area (Å²) in [6.07, 6.45) is -2.45. The zero-order chi connectivity index (χ0) is 24.0. The number of nitrogens with one attached hydrogen (secondary N) is 1. The lowest BCUT2D eigenvalue weighted by atomic mass is 10.1. The van der Waals surface area contributed by atoms with Crippen LogP contribution in [0, 0.1) is 5.82 Å². The first-order chi connectivity index (χ1) is 15.6. The maximum absolute atomic E-state index is 13.7. The Hall–Kier alpha value is -3.20. The summed E-state index contributed by atoms with van der Waals surface area (Å²) in [7, 11) is 0. The molecule has 1 aromatic heterocycles. The summed E-state index contributed by atoms with van der Waals surface area (Å²) in [5, 5.41) is 2.80. The predicted molar refractivity (Wildman–Crippen MR) is 115 cm³/mol. The molecule has 1 amide bonds. The Morgan fingerprint density at radius 3 is 2.39 bits per heavy atom. The molecule has 0 aliphatic heterocycles. The van der Waals surface area contributed by atoms with Gasteiger partial charge < -0.3 is 9.73 Å². The molecule has 0 spiro atoms. The molecule has 5 nitrogen and oxygen atoms in total. The highest BCUT2D eigenvalue weighted by molar-refractivity contribution is 5.92. The van der Waals surface area contributed by atoms with Gasteiger partial charge >= 0.3 is 6.18 Å². The predicted octanol–water partition coefficient (Wildman–Crippen LogP) is 5.56. The summed E-state index contributed by atoms with van der Waals surface area (Å²) >= 11 is 0. The number of carbonyl (C=O) groups excluding carboxylic acids is 1. The van der Waals surface area contributed by atoms with Crippen LogP contribution in [-0.4, -0.2) is 21.8 Å². The maximum atomic E-state index is 13.7. The highest BCUT2D eigenvalue weighted by atomic mass is 19.4. The third-order valence-electron chi connectivity index (χ3n) is 5.09. The van der Waals surface area contributed by atoms with Crippen molar-refractivity contribution >= 4 is 5.91 Å². The van der Waals surface area contributed by atoms with Gasteiger partial charge in [0.25, 0.3) is 5.91 Å². The lowest BCUT2D eigenvalue weighted by molar-refractivity contribution is -0.137. The minimum absolute atomic E-state index is 0.0250. The highest BCUT2D eigenvalue weighted by Crippen LogP contribution is 2.30. The normalized spacial score (nSPS) is 12.7. The number of benzene rings is 2. The Balaban J connectivity index is 1.80. The molecule has 0 aliphatic carbocycles. The Morgan fingerprint density at radius 1 is 1.09 bits per heavy atom. The number of oxazole rings is 1. The molecule has 1 N–H and O–H groups in total. The summed E-state index contributed by atoms with van der Waals surface area (Å²) in [5.74, 6) is -0.548. The molecule has 0 saturated carbocycles. The Bertz CT molecular complexity index is 1080. The first-order valence-electron chi connectivity index (χ1n) is 10.5. The number of halogens is 4. The first kappa shape index (κ1) is 24.4. The zero-order valence-corrected chi connectivity index (χ0v) is 18.3. The summed E-state index contributed by atoms with van der Waals surface area (Å²) in [4.78, 5) is 18.3. The van der Waals surface area contributed by atoms with Gasteiger partial charge in [-0.3, -0.25) is 9.69 Å². The van der Waals surface area contributed by atoms with E-state index in [-0.39, 0.29) is 43.2 Å². The fourth-order valence-electron chi connectivity index (χ4n) is 3.24. The van der Waals surface area contributed by atoms with Crippen LogP contribution in [0.5, 0.6) is 0 Å². The third kappa shape index (κ3) is 7.15. The third-order valence-corrected chi connectivity index (χ3v) is 5.09. The Kier molecular flexibility index (Phi) is 7.86. The van der Waals surface area contributed by atoms with Crippen molar-refractivity contribution in [3.8, 4) is 0 Å². The van der Waals surface area contributed by atoms with E-state index in [1.54, 1.807) is 23.1 Å². The van der Waals surface area contributed by atoms with Crippen molar-refractivity contribution in [2.75, 3.05) is 0 Å². The van der Waals surface area contributed by atoms with Gasteiger partial charge in [-0.2, -0.15) is 13.2 Å². The van der Waals surface area contributed by atoms with E-state index in [0.717, 1.165) is 18.6 Å². The number of alkyl halides is 3. The number of amides is 1. The van der Waals surface area contributed by atoms with Gasteiger partial charge in [-0.1, -0.05) is 37.3 Å². The number of nitrogens with zero attached hydrogens (tertiary/aromatic N) is 2. The molecule has 2 aromatic carbocycles. The van der Waals surface area contributed by atoms with E-state index < -0.39 is 17.6 Å². The standard InChI is InChI=1S/C24H25F4N3O2/c1-3-16(2)29-23(32)21-15-33-22(30-21)14-31(13-18-7-5-9-20(25)11-18)12-17-6-4-8-19(10-17)24(26,27)28/h4-11,15-16H,3,12-14H2,1-2H3,(H,29,32)/t16-/m1/s1. The van der Waals surface area contributed by atoms with E-state index in [1.807, 2.05) is 13.8 Å². The second kappa shape index (κ2) is 10.6. The summed E-state index contributed by atoms with van der Waals surface area (Å²) in [5.41, 5.74) is 0.451. The van der Waals surface area contributed by atoms with Gasteiger partial charge in [-0.25, -0.2) is 9.37 Å². The monoisotopic (exact) mass is 463 g/mol. The van der Waals surface area contributed by atoms with E-state index in [2.05, 4.69) is 10.3 Å². The number of aromatic nitrogens is 1. The molecule has 1 heterocycles. The molecule has 0 aliphatic rings. The van der Waals surface area contributed by atoms with Crippen molar-refractivity contribution in [1.82, 2.24) is 15.2 Å². The highest BCUT2D eigenvalue weighted by Gasteiger charge is 2.30. The number of hydrogen-bond donors (Lipinski definition) is 1. The van der Waals surface area contributed by atoms with Crippen LogP contribution in [0.1, 0.15) is 53.3 Å². The van der Waals surface area contributed by atoms with Gasteiger partial charge in [0.05, 0.1) is 12.1 Å². The van der Waals surface area contributed by atoms with Crippen LogP contribution in [0.2, 0.25) is 0 Å². The minimum Gasteiger partial charge on any atom is -0.447 e. The average molecular weight is 463 g/mol. The molecule has 176 valence electrons. The van der Waals surface area contributed by atoms with Crippen molar-refractivity contribution in [2.24, 2.45) is 0 Å². The van der Waals surface area contributed by atoms with Gasteiger partial charge in [0.1, 0.15) is 12.1 Å². The van der Waals surface area contributed by atoms with Crippen LogP contribution >= 0.6 is 0 Å². The molecule has 0 radical (unpaired) electrons. The summed E-state index contributed by atoms with van der Waals surface area (Å²) in [6, 6.07) is 11.0. The molecular formula is C24H25F4N3O2. The number of rotatable bonds is 9. The van der Waals surface area contributed by atoms with Crippen LogP contribution in [0.15, 0.2) is 59.2 Å². The molecule has 9 heteroatoms. The Labute approximate surface area is 189 Å². The van der Waals surface area contributed by atoms with E-state index >= 15 is 0 Å². The van der Waals surface area contributed by atoms with Gasteiger partial charge in [0.15, 0.2) is 5.69 Å². The number of hydrogen-bond acceptors (Lipinski definition) is 4. The van der Waals surface area contributed by atoms with E-state index in [1.165, 1.54) is 24.5 Å². The van der Waals surface area contributed by atoms with Crippen molar-refractivity contribution in [1.29, 1.82) is 0 Å². The quantitative estimate of drug-likeness (QED) is 0.422. The van der Waals surface area contributed by atoms with Crippen LogP contribution in [-0.2, 0) is 25.8 Å². The van der Waals surface area contributed by atoms with Crippen LogP contribution < -0.4 is 5.32 Å². The van der Waals surface area contributed by atoms with Crippen molar-refractivity contribution < 1.29 is 26.8 Å². The van der Waals surface area contributed by atoms with Gasteiger partial charge in [-0.05, 0) is 42.7 Å². The zero-order valence-electron chi connectivity index (χ0n) is 18.3. The average Bonchev–Trinajstić information content (AvgIpc) is 3.22. The molecule has 0 unspecified atom stereocenters. The topological polar surface area (TPSA) is 58.4 Å². The molecule has 0 bridgehead atoms. The van der Waals surface area contributed by atoms with Crippen molar-refractivity contribution in [3.63, 3.8) is 0 Å². The van der Waals surface area contributed by atoms with Gasteiger partial charge in [0.2, 0.25) is 5.89 Å². The lowest BCUT2D eigenvalue weighted by Gasteiger charge is -2.21. The molecule has 3 rings (SSSR count). The summed E-state index contributed by atoms with van der Waals surface area (Å²) in [6.45, 7) is 4.30. The minimum atomic E-state index is -4.45. The largest absolute Gasteiger partial charge is 0.447 e. The van der Waals surface area contributed by atoms with E-state index in [9.17, 15) is 22.4 Å². The molecule has 1 atom stereocenters. The van der Waals surface area contributed by atoms with E-state index in [4.69, 9.17) is 4.42 Å². The van der Waals surface area contributed by atoms with Crippen LogP contribution in [0.25, 0.3) is 0 Å². The first-order valence-corrected chi connectivity index (χ1v) is 10.5. The Morgan fingerprint density at radius 2 is 1.76 bits per heavy atom. The molecule has 0 fully saturated rings. The fraction of sp³-hybridized carbons (Fsp3) is 0.333. The molecular weight excluding hydrogens is 438 g/mol. The SMILES string of the molecule is CC[C@@H](C)NC(=O)c1coc(CN(Cc2cccc(F)c2)Cc2cccc(C(F)(F)F)c2)n1. The lowest BCUT2D eigenvalue weighted by Crippen LogP contribution is -2.32. The molecule has 3 aromatic rings. The second-order valence-corrected chi connectivity index (χ2v) is 7.88. The number of carbonyl (C=O) groups is 1.